The van der Waals surface area contributed by atoms with E-state index in [9.17, 15) is 0 Å². The molecule has 0 aliphatic heterocycles. The number of hydrogen-bond donors (Lipinski definition) is 0. The van der Waals surface area contributed by atoms with Gasteiger partial charge >= 0.3 is 0 Å². The number of aromatic nitrogens is 3. The van der Waals surface area contributed by atoms with E-state index in [0.717, 1.165) is 72.1 Å². The third-order valence-corrected chi connectivity index (χ3v) is 11.1. The molecule has 0 saturated carbocycles. The molecule has 0 bridgehead atoms. The van der Waals surface area contributed by atoms with Gasteiger partial charge in [0, 0.05) is 32.5 Å². The molecule has 0 saturated heterocycles. The Kier molecular flexibility index (Phi) is 6.61. The molecule has 0 atom stereocenters. The van der Waals surface area contributed by atoms with Crippen LogP contribution in [0.15, 0.2) is 176 Å². The second-order valence-electron chi connectivity index (χ2n) is 13.9. The molecule has 0 aliphatic rings. The molecule has 55 heavy (non-hydrogen) atoms. The molecular formula is C50H29N5. The van der Waals surface area contributed by atoms with Crippen molar-refractivity contribution < 1.29 is 0 Å². The first-order valence-electron chi connectivity index (χ1n) is 18.3. The fourth-order valence-electron chi connectivity index (χ4n) is 8.79. The summed E-state index contributed by atoms with van der Waals surface area (Å²) in [5.41, 5.74) is 12.6. The summed E-state index contributed by atoms with van der Waals surface area (Å²) in [7, 11) is 0. The van der Waals surface area contributed by atoms with E-state index in [0.29, 0.717) is 11.4 Å². The van der Waals surface area contributed by atoms with Crippen LogP contribution < -0.4 is 0 Å². The van der Waals surface area contributed by atoms with Crippen LogP contribution in [0.2, 0.25) is 0 Å². The average Bonchev–Trinajstić information content (AvgIpc) is 3.89. The lowest BCUT2D eigenvalue weighted by Gasteiger charge is -2.18. The topological polar surface area (TPSA) is 23.5 Å². The van der Waals surface area contributed by atoms with E-state index in [-0.39, 0.29) is 0 Å². The normalized spacial score (nSPS) is 11.6. The predicted molar refractivity (Wildman–Crippen MR) is 227 cm³/mol. The molecule has 3 aromatic heterocycles. The van der Waals surface area contributed by atoms with Crippen LogP contribution in [-0.2, 0) is 0 Å². The Labute approximate surface area is 316 Å². The zero-order valence-corrected chi connectivity index (χ0v) is 29.5. The monoisotopic (exact) mass is 699 g/mol. The van der Waals surface area contributed by atoms with Gasteiger partial charge in [-0.3, -0.25) is 0 Å². The molecule has 3 heterocycles. The van der Waals surface area contributed by atoms with Crippen molar-refractivity contribution in [3.05, 3.63) is 199 Å². The highest BCUT2D eigenvalue weighted by Crippen LogP contribution is 2.43. The van der Waals surface area contributed by atoms with Gasteiger partial charge in [0.2, 0.25) is 5.69 Å². The standard InChI is InChI=1S/C50H29N5/c1-51-33-27-29-47-40(31-33)38-18-7-11-23-45(38)53(47)48-28-26-32(30-41(48)52-2)34-14-3-8-20-42(34)55-46-24-12-6-17-37(46)39-19-13-25-49(50(39)55)54-43-21-9-4-15-35(43)36-16-5-10-22-44(36)54/h3-31H. The minimum atomic E-state index is 0.553. The van der Waals surface area contributed by atoms with Crippen LogP contribution in [0.3, 0.4) is 0 Å². The third kappa shape index (κ3) is 4.39. The van der Waals surface area contributed by atoms with Crippen molar-refractivity contribution >= 4 is 76.8 Å². The Balaban J connectivity index is 1.17. The molecule has 0 fully saturated rings. The van der Waals surface area contributed by atoms with Crippen LogP contribution in [0.5, 0.6) is 0 Å². The van der Waals surface area contributed by atoms with Crippen LogP contribution in [-0.4, -0.2) is 13.7 Å². The lowest BCUT2D eigenvalue weighted by molar-refractivity contribution is 1.13. The number of rotatable bonds is 4. The Bertz CT molecular complexity index is 3420. The molecule has 254 valence electrons. The SMILES string of the molecule is [C-]#[N+]c1ccc2c(c1)c1ccccc1n2-c1ccc(-c2ccccc2-n2c3ccccc3c3cccc(-n4c5ccccc5c5ccccc54)c32)cc1[N+]#[C-]. The summed E-state index contributed by atoms with van der Waals surface area (Å²) in [5, 5.41) is 6.85. The lowest BCUT2D eigenvalue weighted by Crippen LogP contribution is -2.02. The maximum Gasteiger partial charge on any atom is 0.211 e. The molecule has 0 aliphatic carbocycles. The van der Waals surface area contributed by atoms with Crippen LogP contribution >= 0.6 is 0 Å². The van der Waals surface area contributed by atoms with Gasteiger partial charge in [0.15, 0.2) is 5.69 Å². The van der Waals surface area contributed by atoms with Gasteiger partial charge in [-0.2, -0.15) is 0 Å². The summed E-state index contributed by atoms with van der Waals surface area (Å²) in [6.07, 6.45) is 0. The van der Waals surface area contributed by atoms with E-state index in [1.165, 1.54) is 21.5 Å². The summed E-state index contributed by atoms with van der Waals surface area (Å²) in [5.74, 6) is 0. The third-order valence-electron chi connectivity index (χ3n) is 11.1. The molecule has 0 amide bonds. The van der Waals surface area contributed by atoms with Crippen LogP contribution in [0.25, 0.3) is 103 Å². The summed E-state index contributed by atoms with van der Waals surface area (Å²) in [6.45, 7) is 16.1. The number of hydrogen-bond acceptors (Lipinski definition) is 0. The Morgan fingerprint density at radius 3 is 1.51 bits per heavy atom. The molecule has 0 N–H and O–H groups in total. The molecule has 0 unspecified atom stereocenters. The van der Waals surface area contributed by atoms with Gasteiger partial charge in [0.05, 0.1) is 63.3 Å². The summed E-state index contributed by atoms with van der Waals surface area (Å²) in [6, 6.07) is 61.4. The number of benzene rings is 8. The Morgan fingerprint density at radius 1 is 0.345 bits per heavy atom. The van der Waals surface area contributed by atoms with Gasteiger partial charge in [-0.05, 0) is 71.6 Å². The molecule has 5 heteroatoms. The van der Waals surface area contributed by atoms with Crippen molar-refractivity contribution in [2.24, 2.45) is 0 Å². The first-order chi connectivity index (χ1) is 27.2. The molecule has 0 spiro atoms. The van der Waals surface area contributed by atoms with Crippen molar-refractivity contribution in [3.63, 3.8) is 0 Å². The van der Waals surface area contributed by atoms with Gasteiger partial charge in [-0.25, -0.2) is 9.69 Å². The molecule has 0 radical (unpaired) electrons. The van der Waals surface area contributed by atoms with Gasteiger partial charge in [0.25, 0.3) is 0 Å². The summed E-state index contributed by atoms with van der Waals surface area (Å²) < 4.78 is 6.97. The second-order valence-corrected chi connectivity index (χ2v) is 13.9. The Hall–Kier alpha value is -7.86. The van der Waals surface area contributed by atoms with Crippen LogP contribution in [0, 0.1) is 13.1 Å². The number of para-hydroxylation sites is 6. The van der Waals surface area contributed by atoms with E-state index < -0.39 is 0 Å². The van der Waals surface area contributed by atoms with Crippen molar-refractivity contribution in [2.45, 2.75) is 0 Å². The highest BCUT2D eigenvalue weighted by atomic mass is 15.1. The predicted octanol–water partition coefficient (Wildman–Crippen LogP) is 13.7. The summed E-state index contributed by atoms with van der Waals surface area (Å²) >= 11 is 0. The zero-order valence-electron chi connectivity index (χ0n) is 29.5. The second kappa shape index (κ2) is 11.8. The molecule has 11 rings (SSSR count). The van der Waals surface area contributed by atoms with E-state index >= 15 is 0 Å². The smallest absolute Gasteiger partial charge is 0.211 e. The molecule has 5 nitrogen and oxygen atoms in total. The average molecular weight is 700 g/mol. The quantitative estimate of drug-likeness (QED) is 0.163. The van der Waals surface area contributed by atoms with E-state index in [2.05, 4.69) is 163 Å². The molecule has 8 aromatic carbocycles. The van der Waals surface area contributed by atoms with Crippen molar-refractivity contribution in [1.29, 1.82) is 0 Å². The van der Waals surface area contributed by atoms with Crippen molar-refractivity contribution in [3.8, 4) is 28.2 Å². The molecule has 11 aromatic rings. The van der Waals surface area contributed by atoms with E-state index in [4.69, 9.17) is 13.1 Å². The molecular weight excluding hydrogens is 671 g/mol. The van der Waals surface area contributed by atoms with Gasteiger partial charge in [0.1, 0.15) is 0 Å². The lowest BCUT2D eigenvalue weighted by atomic mass is 10.0. The van der Waals surface area contributed by atoms with Crippen molar-refractivity contribution in [1.82, 2.24) is 13.7 Å². The fraction of sp³-hybridized carbons (Fsp3) is 0. The van der Waals surface area contributed by atoms with E-state index in [1.807, 2.05) is 36.4 Å². The highest BCUT2D eigenvalue weighted by Gasteiger charge is 2.22. The number of nitrogens with zero attached hydrogens (tertiary/aromatic N) is 5. The van der Waals surface area contributed by atoms with Crippen LogP contribution in [0.4, 0.5) is 11.4 Å². The minimum absolute atomic E-state index is 0.553. The van der Waals surface area contributed by atoms with Crippen LogP contribution in [0.1, 0.15) is 0 Å². The maximum atomic E-state index is 8.44. The van der Waals surface area contributed by atoms with Gasteiger partial charge in [-0.1, -0.05) is 115 Å². The van der Waals surface area contributed by atoms with Gasteiger partial charge in [-0.15, -0.1) is 0 Å². The number of fused-ring (bicyclic) bond motifs is 9. The highest BCUT2D eigenvalue weighted by molar-refractivity contribution is 6.15. The summed E-state index contributed by atoms with van der Waals surface area (Å²) in [4.78, 5) is 7.82. The maximum absolute atomic E-state index is 8.44. The van der Waals surface area contributed by atoms with Crippen molar-refractivity contribution in [2.75, 3.05) is 0 Å². The zero-order chi connectivity index (χ0) is 36.6. The van der Waals surface area contributed by atoms with E-state index in [1.54, 1.807) is 0 Å². The Morgan fingerprint density at radius 2 is 0.855 bits per heavy atom. The first kappa shape index (κ1) is 30.7. The van der Waals surface area contributed by atoms with Gasteiger partial charge < -0.3 is 13.7 Å². The fourth-order valence-corrected chi connectivity index (χ4v) is 8.79. The largest absolute Gasteiger partial charge is 0.319 e. The first-order valence-corrected chi connectivity index (χ1v) is 18.3. The minimum Gasteiger partial charge on any atom is -0.319 e.